The van der Waals surface area contributed by atoms with Crippen LogP contribution in [0.3, 0.4) is 0 Å². The minimum absolute atomic E-state index is 0.915. The smallest absolute Gasteiger partial charge is 0.126 e. The maximum Gasteiger partial charge on any atom is 0.126 e. The van der Waals surface area contributed by atoms with Crippen molar-refractivity contribution in [3.8, 4) is 0 Å². The van der Waals surface area contributed by atoms with Gasteiger partial charge >= 0.3 is 0 Å². The number of hydrogen-bond donors (Lipinski definition) is 2. The van der Waals surface area contributed by atoms with E-state index in [0.717, 1.165) is 35.4 Å². The molecule has 5 heteroatoms. The van der Waals surface area contributed by atoms with Gasteiger partial charge in [-0.25, -0.2) is 4.98 Å². The average Bonchev–Trinajstić information content (AvgIpc) is 2.75. The first-order chi connectivity index (χ1) is 8.66. The van der Waals surface area contributed by atoms with Crippen molar-refractivity contribution in [3.63, 3.8) is 0 Å². The fourth-order valence-electron chi connectivity index (χ4n) is 1.76. The lowest BCUT2D eigenvalue weighted by Gasteiger charge is -2.06. The summed E-state index contributed by atoms with van der Waals surface area (Å²) in [5.74, 6) is 0.930. The van der Waals surface area contributed by atoms with Crippen LogP contribution in [0, 0.1) is 13.8 Å². The van der Waals surface area contributed by atoms with E-state index >= 15 is 0 Å². The van der Waals surface area contributed by atoms with Gasteiger partial charge in [0.1, 0.15) is 5.82 Å². The van der Waals surface area contributed by atoms with Crippen molar-refractivity contribution in [1.29, 1.82) is 0 Å². The van der Waals surface area contributed by atoms with E-state index in [1.54, 1.807) is 0 Å². The standard InChI is InChI=1S/C13H17BrN4/c1-9-6-13(16-8-12(9)14)15-5-3-4-11-7-17-18-10(11)2/h6-8H,3-5H2,1-2H3,(H,15,16)(H,17,18). The molecule has 2 aromatic rings. The summed E-state index contributed by atoms with van der Waals surface area (Å²) >= 11 is 3.44. The Balaban J connectivity index is 1.78. The molecule has 2 aromatic heterocycles. The van der Waals surface area contributed by atoms with Crippen molar-refractivity contribution in [2.45, 2.75) is 26.7 Å². The summed E-state index contributed by atoms with van der Waals surface area (Å²) in [5, 5.41) is 10.3. The first-order valence-electron chi connectivity index (χ1n) is 6.01. The van der Waals surface area contributed by atoms with E-state index in [4.69, 9.17) is 0 Å². The fourth-order valence-corrected chi connectivity index (χ4v) is 1.98. The Morgan fingerprint density at radius 1 is 1.33 bits per heavy atom. The Labute approximate surface area is 115 Å². The largest absolute Gasteiger partial charge is 0.370 e. The van der Waals surface area contributed by atoms with Gasteiger partial charge in [0.25, 0.3) is 0 Å². The molecular formula is C13H17BrN4. The molecule has 0 aliphatic carbocycles. The Morgan fingerprint density at radius 2 is 2.17 bits per heavy atom. The van der Waals surface area contributed by atoms with Crippen LogP contribution in [0.2, 0.25) is 0 Å². The number of pyridine rings is 1. The zero-order valence-electron chi connectivity index (χ0n) is 10.6. The number of halogens is 1. The van der Waals surface area contributed by atoms with E-state index in [0.29, 0.717) is 0 Å². The third kappa shape index (κ3) is 3.32. The topological polar surface area (TPSA) is 53.6 Å². The van der Waals surface area contributed by atoms with Crippen LogP contribution in [0.1, 0.15) is 23.2 Å². The molecule has 2 heterocycles. The van der Waals surface area contributed by atoms with E-state index in [1.807, 2.05) is 18.5 Å². The fraction of sp³-hybridized carbons (Fsp3) is 0.385. The lowest BCUT2D eigenvalue weighted by molar-refractivity contribution is 0.853. The van der Waals surface area contributed by atoms with E-state index in [2.05, 4.69) is 50.3 Å². The molecule has 2 N–H and O–H groups in total. The Morgan fingerprint density at radius 3 is 2.83 bits per heavy atom. The normalized spacial score (nSPS) is 10.6. The molecule has 0 saturated heterocycles. The molecule has 18 heavy (non-hydrogen) atoms. The van der Waals surface area contributed by atoms with Gasteiger partial charge < -0.3 is 5.32 Å². The van der Waals surface area contributed by atoms with Gasteiger partial charge in [0.15, 0.2) is 0 Å². The molecule has 0 saturated carbocycles. The number of aromatic amines is 1. The summed E-state index contributed by atoms with van der Waals surface area (Å²) in [5.41, 5.74) is 3.64. The molecular weight excluding hydrogens is 292 g/mol. The molecule has 2 rings (SSSR count). The zero-order chi connectivity index (χ0) is 13.0. The van der Waals surface area contributed by atoms with Crippen LogP contribution in [0.15, 0.2) is 22.9 Å². The first kappa shape index (κ1) is 13.1. The molecule has 0 unspecified atom stereocenters. The highest BCUT2D eigenvalue weighted by atomic mass is 79.9. The lowest BCUT2D eigenvalue weighted by atomic mass is 10.1. The number of aryl methyl sites for hydroxylation is 3. The van der Waals surface area contributed by atoms with Crippen molar-refractivity contribution in [2.24, 2.45) is 0 Å². The molecule has 0 radical (unpaired) electrons. The van der Waals surface area contributed by atoms with Crippen molar-refractivity contribution in [1.82, 2.24) is 15.2 Å². The highest BCUT2D eigenvalue weighted by molar-refractivity contribution is 9.10. The van der Waals surface area contributed by atoms with E-state index in [9.17, 15) is 0 Å². The average molecular weight is 309 g/mol. The zero-order valence-corrected chi connectivity index (χ0v) is 12.2. The minimum Gasteiger partial charge on any atom is -0.370 e. The predicted molar refractivity (Wildman–Crippen MR) is 76.8 cm³/mol. The van der Waals surface area contributed by atoms with Crippen LogP contribution in [0.5, 0.6) is 0 Å². The summed E-state index contributed by atoms with van der Waals surface area (Å²) in [6.45, 7) is 5.03. The molecule has 0 aliphatic rings. The van der Waals surface area contributed by atoms with E-state index in [-0.39, 0.29) is 0 Å². The maximum absolute atomic E-state index is 4.31. The first-order valence-corrected chi connectivity index (χ1v) is 6.81. The Kier molecular flexibility index (Phi) is 4.36. The molecule has 4 nitrogen and oxygen atoms in total. The molecule has 0 spiro atoms. The highest BCUT2D eigenvalue weighted by Crippen LogP contribution is 2.17. The van der Waals surface area contributed by atoms with Gasteiger partial charge in [0.05, 0.1) is 6.20 Å². The van der Waals surface area contributed by atoms with Crippen molar-refractivity contribution < 1.29 is 0 Å². The molecule has 0 fully saturated rings. The predicted octanol–water partition coefficient (Wildman–Crippen LogP) is 3.23. The van der Waals surface area contributed by atoms with Gasteiger partial charge in [0, 0.05) is 22.9 Å². The van der Waals surface area contributed by atoms with Crippen LogP contribution >= 0.6 is 15.9 Å². The second-order valence-electron chi connectivity index (χ2n) is 4.37. The molecule has 0 aromatic carbocycles. The second-order valence-corrected chi connectivity index (χ2v) is 5.22. The van der Waals surface area contributed by atoms with Gasteiger partial charge in [-0.15, -0.1) is 0 Å². The summed E-state index contributed by atoms with van der Waals surface area (Å²) < 4.78 is 1.04. The minimum atomic E-state index is 0.915. The number of aromatic nitrogens is 3. The molecule has 0 atom stereocenters. The van der Waals surface area contributed by atoms with Crippen LogP contribution < -0.4 is 5.32 Å². The van der Waals surface area contributed by atoms with E-state index in [1.165, 1.54) is 11.1 Å². The third-order valence-corrected chi connectivity index (χ3v) is 3.74. The summed E-state index contributed by atoms with van der Waals surface area (Å²) in [7, 11) is 0. The van der Waals surface area contributed by atoms with Gasteiger partial charge in [0.2, 0.25) is 0 Å². The van der Waals surface area contributed by atoms with Crippen LogP contribution in [-0.4, -0.2) is 21.7 Å². The van der Waals surface area contributed by atoms with Crippen molar-refractivity contribution in [3.05, 3.63) is 39.8 Å². The molecule has 0 bridgehead atoms. The second kappa shape index (κ2) is 6.00. The SMILES string of the molecule is Cc1cc(NCCCc2cn[nH]c2C)ncc1Br. The van der Waals surface area contributed by atoms with E-state index < -0.39 is 0 Å². The summed E-state index contributed by atoms with van der Waals surface area (Å²) in [6, 6.07) is 2.05. The quantitative estimate of drug-likeness (QED) is 0.834. The van der Waals surface area contributed by atoms with Crippen LogP contribution in [0.25, 0.3) is 0 Å². The number of hydrogen-bond acceptors (Lipinski definition) is 3. The molecule has 0 aliphatic heterocycles. The summed E-state index contributed by atoms with van der Waals surface area (Å²) in [6.07, 6.45) is 5.83. The van der Waals surface area contributed by atoms with Gasteiger partial charge in [-0.1, -0.05) is 0 Å². The molecule has 0 amide bonds. The van der Waals surface area contributed by atoms with Gasteiger partial charge in [-0.05, 0) is 59.8 Å². The maximum atomic E-state index is 4.31. The number of rotatable bonds is 5. The van der Waals surface area contributed by atoms with Crippen molar-refractivity contribution in [2.75, 3.05) is 11.9 Å². The van der Waals surface area contributed by atoms with Crippen LogP contribution in [0.4, 0.5) is 5.82 Å². The number of anilines is 1. The number of H-pyrrole nitrogens is 1. The van der Waals surface area contributed by atoms with Gasteiger partial charge in [-0.2, -0.15) is 5.10 Å². The Hall–Kier alpha value is -1.36. The van der Waals surface area contributed by atoms with Crippen LogP contribution in [-0.2, 0) is 6.42 Å². The summed E-state index contributed by atoms with van der Waals surface area (Å²) in [4.78, 5) is 4.31. The lowest BCUT2D eigenvalue weighted by Crippen LogP contribution is -2.05. The molecule has 96 valence electrons. The Bertz CT molecular complexity index is 521. The monoisotopic (exact) mass is 308 g/mol. The highest BCUT2D eigenvalue weighted by Gasteiger charge is 2.01. The van der Waals surface area contributed by atoms with Gasteiger partial charge in [-0.3, -0.25) is 5.10 Å². The third-order valence-electron chi connectivity index (χ3n) is 2.91. The van der Waals surface area contributed by atoms with Crippen molar-refractivity contribution >= 4 is 21.7 Å². The number of nitrogens with one attached hydrogen (secondary N) is 2. The number of nitrogens with zero attached hydrogens (tertiary/aromatic N) is 2.